The van der Waals surface area contributed by atoms with Gasteiger partial charge in [-0.2, -0.15) is 0 Å². The van der Waals surface area contributed by atoms with Gasteiger partial charge in [0, 0.05) is 0 Å². The standard InChI is InChI=1S/C16H18O/c1-4-13-6-5-7-14(10-13)16-11-15(17-3)9-8-12(16)2/h5-11H,4H2,1-3H3. The average molecular weight is 226 g/mol. The number of benzene rings is 2. The second-order valence-corrected chi connectivity index (χ2v) is 4.23. The maximum absolute atomic E-state index is 5.29. The van der Waals surface area contributed by atoms with Crippen LogP contribution in [0.1, 0.15) is 18.1 Å². The van der Waals surface area contributed by atoms with Crippen molar-refractivity contribution < 1.29 is 4.74 Å². The first-order valence-corrected chi connectivity index (χ1v) is 5.98. The molecule has 2 aromatic carbocycles. The maximum atomic E-state index is 5.29. The van der Waals surface area contributed by atoms with Gasteiger partial charge in [-0.05, 0) is 47.7 Å². The van der Waals surface area contributed by atoms with Gasteiger partial charge < -0.3 is 4.74 Å². The monoisotopic (exact) mass is 226 g/mol. The second kappa shape index (κ2) is 5.05. The Morgan fingerprint density at radius 2 is 1.88 bits per heavy atom. The first-order chi connectivity index (χ1) is 8.24. The molecule has 0 unspecified atom stereocenters. The van der Waals surface area contributed by atoms with E-state index in [1.165, 1.54) is 22.3 Å². The summed E-state index contributed by atoms with van der Waals surface area (Å²) in [7, 11) is 1.71. The van der Waals surface area contributed by atoms with E-state index in [9.17, 15) is 0 Å². The summed E-state index contributed by atoms with van der Waals surface area (Å²) in [4.78, 5) is 0. The summed E-state index contributed by atoms with van der Waals surface area (Å²) >= 11 is 0. The quantitative estimate of drug-likeness (QED) is 0.761. The molecule has 0 spiro atoms. The highest BCUT2D eigenvalue weighted by molar-refractivity contribution is 5.69. The largest absolute Gasteiger partial charge is 0.497 e. The lowest BCUT2D eigenvalue weighted by Gasteiger charge is -2.09. The molecule has 2 aromatic rings. The van der Waals surface area contributed by atoms with Crippen molar-refractivity contribution in [2.45, 2.75) is 20.3 Å². The van der Waals surface area contributed by atoms with Crippen LogP contribution in [0.25, 0.3) is 11.1 Å². The third kappa shape index (κ3) is 2.50. The Hall–Kier alpha value is -1.76. The SMILES string of the molecule is CCc1cccc(-c2cc(OC)ccc2C)c1. The lowest BCUT2D eigenvalue weighted by Crippen LogP contribution is -1.88. The Labute approximate surface area is 103 Å². The average Bonchev–Trinajstić information content (AvgIpc) is 2.39. The predicted molar refractivity (Wildman–Crippen MR) is 72.5 cm³/mol. The molecule has 1 nitrogen and oxygen atoms in total. The van der Waals surface area contributed by atoms with E-state index in [1.54, 1.807) is 7.11 Å². The highest BCUT2D eigenvalue weighted by Gasteiger charge is 2.04. The summed E-state index contributed by atoms with van der Waals surface area (Å²) in [6.45, 7) is 4.31. The van der Waals surface area contributed by atoms with Gasteiger partial charge in [0.25, 0.3) is 0 Å². The van der Waals surface area contributed by atoms with Crippen molar-refractivity contribution in [3.8, 4) is 16.9 Å². The second-order valence-electron chi connectivity index (χ2n) is 4.23. The Morgan fingerprint density at radius 3 is 2.59 bits per heavy atom. The fourth-order valence-electron chi connectivity index (χ4n) is 2.00. The molecular formula is C16H18O. The van der Waals surface area contributed by atoms with E-state index in [0.717, 1.165) is 12.2 Å². The Kier molecular flexibility index (Phi) is 3.48. The van der Waals surface area contributed by atoms with Crippen molar-refractivity contribution >= 4 is 0 Å². The van der Waals surface area contributed by atoms with Crippen molar-refractivity contribution in [2.75, 3.05) is 7.11 Å². The summed E-state index contributed by atoms with van der Waals surface area (Å²) < 4.78 is 5.29. The normalized spacial score (nSPS) is 10.3. The molecular weight excluding hydrogens is 208 g/mol. The van der Waals surface area contributed by atoms with Gasteiger partial charge in [0.05, 0.1) is 7.11 Å². The van der Waals surface area contributed by atoms with Crippen LogP contribution < -0.4 is 4.74 Å². The molecule has 0 N–H and O–H groups in total. The zero-order chi connectivity index (χ0) is 12.3. The van der Waals surface area contributed by atoms with Gasteiger partial charge >= 0.3 is 0 Å². The highest BCUT2D eigenvalue weighted by Crippen LogP contribution is 2.28. The van der Waals surface area contributed by atoms with E-state index in [0.29, 0.717) is 0 Å². The molecule has 17 heavy (non-hydrogen) atoms. The molecule has 0 aliphatic carbocycles. The zero-order valence-corrected chi connectivity index (χ0v) is 10.7. The number of aryl methyl sites for hydroxylation is 2. The molecule has 2 rings (SSSR count). The van der Waals surface area contributed by atoms with Crippen LogP contribution in [-0.4, -0.2) is 7.11 Å². The number of methoxy groups -OCH3 is 1. The zero-order valence-electron chi connectivity index (χ0n) is 10.7. The molecule has 0 amide bonds. The van der Waals surface area contributed by atoms with Gasteiger partial charge in [-0.1, -0.05) is 37.3 Å². The van der Waals surface area contributed by atoms with E-state index in [-0.39, 0.29) is 0 Å². The van der Waals surface area contributed by atoms with Crippen LogP contribution in [0.5, 0.6) is 5.75 Å². The van der Waals surface area contributed by atoms with Gasteiger partial charge in [0.15, 0.2) is 0 Å². The minimum absolute atomic E-state index is 0.910. The van der Waals surface area contributed by atoms with Crippen molar-refractivity contribution in [3.05, 3.63) is 53.6 Å². The van der Waals surface area contributed by atoms with Crippen LogP contribution >= 0.6 is 0 Å². The van der Waals surface area contributed by atoms with Crippen molar-refractivity contribution in [2.24, 2.45) is 0 Å². The van der Waals surface area contributed by atoms with E-state index in [4.69, 9.17) is 4.74 Å². The van der Waals surface area contributed by atoms with Crippen LogP contribution in [0.15, 0.2) is 42.5 Å². The smallest absolute Gasteiger partial charge is 0.119 e. The van der Waals surface area contributed by atoms with Gasteiger partial charge in [-0.25, -0.2) is 0 Å². The van der Waals surface area contributed by atoms with Crippen molar-refractivity contribution in [1.82, 2.24) is 0 Å². The van der Waals surface area contributed by atoms with Crippen LogP contribution in [0.4, 0.5) is 0 Å². The summed E-state index contributed by atoms with van der Waals surface area (Å²) in [6.07, 6.45) is 1.07. The number of hydrogen-bond acceptors (Lipinski definition) is 1. The van der Waals surface area contributed by atoms with Gasteiger partial charge in [-0.15, -0.1) is 0 Å². The van der Waals surface area contributed by atoms with Gasteiger partial charge in [0.2, 0.25) is 0 Å². The molecule has 0 aromatic heterocycles. The summed E-state index contributed by atoms with van der Waals surface area (Å²) in [5.41, 5.74) is 5.16. The summed E-state index contributed by atoms with van der Waals surface area (Å²) in [5.74, 6) is 0.910. The molecule has 0 aliphatic rings. The summed E-state index contributed by atoms with van der Waals surface area (Å²) in [5, 5.41) is 0. The number of hydrogen-bond donors (Lipinski definition) is 0. The Bertz CT molecular complexity index is 515. The van der Waals surface area contributed by atoms with Crippen molar-refractivity contribution in [1.29, 1.82) is 0 Å². The molecule has 0 radical (unpaired) electrons. The number of rotatable bonds is 3. The van der Waals surface area contributed by atoms with Gasteiger partial charge in [-0.3, -0.25) is 0 Å². The maximum Gasteiger partial charge on any atom is 0.119 e. The highest BCUT2D eigenvalue weighted by atomic mass is 16.5. The molecule has 0 aliphatic heterocycles. The van der Waals surface area contributed by atoms with Gasteiger partial charge in [0.1, 0.15) is 5.75 Å². The van der Waals surface area contributed by atoms with Crippen LogP contribution in [-0.2, 0) is 6.42 Å². The van der Waals surface area contributed by atoms with Crippen LogP contribution in [0.2, 0.25) is 0 Å². The van der Waals surface area contributed by atoms with E-state index in [1.807, 2.05) is 6.07 Å². The lowest BCUT2D eigenvalue weighted by atomic mass is 9.98. The number of ether oxygens (including phenoxy) is 1. The molecule has 0 heterocycles. The molecule has 1 heteroatoms. The Balaban J connectivity index is 2.50. The molecule has 0 saturated heterocycles. The van der Waals surface area contributed by atoms with Crippen molar-refractivity contribution in [3.63, 3.8) is 0 Å². The minimum Gasteiger partial charge on any atom is -0.497 e. The van der Waals surface area contributed by atoms with Crippen LogP contribution in [0.3, 0.4) is 0 Å². The summed E-state index contributed by atoms with van der Waals surface area (Å²) in [6, 6.07) is 14.9. The molecule has 0 bridgehead atoms. The molecule has 0 saturated carbocycles. The van der Waals surface area contributed by atoms with Crippen LogP contribution in [0, 0.1) is 6.92 Å². The minimum atomic E-state index is 0.910. The third-order valence-electron chi connectivity index (χ3n) is 3.09. The van der Waals surface area contributed by atoms with E-state index >= 15 is 0 Å². The topological polar surface area (TPSA) is 9.23 Å². The lowest BCUT2D eigenvalue weighted by molar-refractivity contribution is 0.415. The van der Waals surface area contributed by atoms with E-state index in [2.05, 4.69) is 50.2 Å². The fraction of sp³-hybridized carbons (Fsp3) is 0.250. The predicted octanol–water partition coefficient (Wildman–Crippen LogP) is 4.23. The fourth-order valence-corrected chi connectivity index (χ4v) is 2.00. The molecule has 0 fully saturated rings. The first-order valence-electron chi connectivity index (χ1n) is 5.98. The molecule has 0 atom stereocenters. The Morgan fingerprint density at radius 1 is 1.06 bits per heavy atom. The first kappa shape index (κ1) is 11.7. The van der Waals surface area contributed by atoms with E-state index < -0.39 is 0 Å². The third-order valence-corrected chi connectivity index (χ3v) is 3.09. The molecule has 88 valence electrons.